The van der Waals surface area contributed by atoms with Gasteiger partial charge in [0, 0.05) is 177 Å². The van der Waals surface area contributed by atoms with Gasteiger partial charge in [-0.15, -0.1) is 0 Å². The average molecular weight is 2050 g/mol. The van der Waals surface area contributed by atoms with Crippen LogP contribution in [0.4, 0.5) is 73.6 Å². The van der Waals surface area contributed by atoms with Crippen LogP contribution in [0.3, 0.4) is 0 Å². The number of carboxylic acid groups (broad SMARTS) is 2. The minimum Gasteiger partial charge on any atom is -0.478 e. The van der Waals surface area contributed by atoms with E-state index < -0.39 is 147 Å². The molecule has 1 atom stereocenters. The van der Waals surface area contributed by atoms with E-state index in [1.807, 2.05) is 48.5 Å². The molecule has 9 heterocycles. The van der Waals surface area contributed by atoms with Gasteiger partial charge in [0.05, 0.1) is 50.1 Å². The van der Waals surface area contributed by atoms with Crippen LogP contribution < -0.4 is 65.8 Å². The number of carbonyl (C=O) groups is 8. The number of rotatable bonds is 26. The fourth-order valence-electron chi connectivity index (χ4n) is 24.0. The number of hydrogen-bond donors (Lipinski definition) is 4. The zero-order valence-corrected chi connectivity index (χ0v) is 87.1. The Labute approximate surface area is 842 Å². The van der Waals surface area contributed by atoms with Crippen molar-refractivity contribution in [3.63, 3.8) is 0 Å². The van der Waals surface area contributed by atoms with Crippen molar-refractivity contribution in [2.75, 3.05) is 121 Å². The molecule has 0 saturated carbocycles. The molecule has 3 amide bonds. The van der Waals surface area contributed by atoms with E-state index >= 15 is 0 Å². The van der Waals surface area contributed by atoms with Crippen LogP contribution in [0.1, 0.15) is 265 Å². The Morgan fingerprint density at radius 3 is 0.979 bits per heavy atom. The summed E-state index contributed by atoms with van der Waals surface area (Å²) in [7, 11) is -6.70. The van der Waals surface area contributed by atoms with Gasteiger partial charge in [-0.25, -0.2) is 24.0 Å². The molecule has 770 valence electrons. The van der Waals surface area contributed by atoms with E-state index in [4.69, 9.17) is 14.6 Å². The normalized spacial score (nSPS) is 17.4. The van der Waals surface area contributed by atoms with Crippen LogP contribution in [-0.2, 0) is 53.5 Å². The van der Waals surface area contributed by atoms with Crippen LogP contribution in [0.25, 0.3) is 0 Å². The highest BCUT2D eigenvalue weighted by Crippen LogP contribution is 2.56. The predicted molar refractivity (Wildman–Crippen MR) is 553 cm³/mol. The molecule has 0 radical (unpaired) electrons. The number of nitrogens with one attached hydrogen (secondary N) is 1. The lowest BCUT2D eigenvalue weighted by atomic mass is 9.77. The number of esters is 3. The SMILES string of the molecule is CCN(CC)c1ccc2c(c1)[Si]1(CCCCC1)c1cc(N(CC)CC)ccc1C21OC(=O)c2cc(C(F)(F)F)c(C(=O)NCCN3C(=O)C=CC3=O)cc21.CCN(CC)c1ccc2c(c1)[Si]1(CCCCC1)c1cc(N(CC)CC)ccc1C21OC(=O)c2cc(C(F)(F)F)c(C(=O)O)cc21.CCN(CC)c1cccc([Si]2(c3cccc(N(CC)CC)c3)CCCCC2)c1.O=C1OC(O)c2cc(C(=O)O)c(C(F)(F)F)cc21. The van der Waals surface area contributed by atoms with Gasteiger partial charge in [0.15, 0.2) is 11.2 Å². The first-order chi connectivity index (χ1) is 69.2. The Balaban J connectivity index is 0.000000156. The fraction of sp³-hybridized carbons (Fsp3) is 0.423. The number of ether oxygens (including phenoxy) is 3. The number of halogens is 9. The lowest BCUT2D eigenvalue weighted by Gasteiger charge is -2.48. The summed E-state index contributed by atoms with van der Waals surface area (Å²) in [5, 5.41) is 38.2. The van der Waals surface area contributed by atoms with Gasteiger partial charge < -0.3 is 64.2 Å². The largest absolute Gasteiger partial charge is 0.478 e. The van der Waals surface area contributed by atoms with Gasteiger partial charge in [0.25, 0.3) is 17.7 Å². The maximum atomic E-state index is 14.8. The number of fused-ring (bicyclic) bond motifs is 17. The van der Waals surface area contributed by atoms with Gasteiger partial charge in [-0.3, -0.25) is 19.3 Å². The van der Waals surface area contributed by atoms with E-state index in [9.17, 15) is 88.1 Å². The zero-order chi connectivity index (χ0) is 105. The number of alkyl halides is 9. The number of carbonyl (C=O) groups excluding carboxylic acids is 6. The molecule has 1 unspecified atom stereocenters. The van der Waals surface area contributed by atoms with Crippen LogP contribution in [0.5, 0.6) is 0 Å². The van der Waals surface area contributed by atoms with E-state index in [0.717, 1.165) is 236 Å². The van der Waals surface area contributed by atoms with Gasteiger partial charge in [-0.1, -0.05) is 117 Å². The lowest BCUT2D eigenvalue weighted by molar-refractivity contribution is -0.138. The highest BCUT2D eigenvalue weighted by molar-refractivity contribution is 7.04. The Bertz CT molecular complexity index is 6280. The summed E-state index contributed by atoms with van der Waals surface area (Å²) in [6, 6.07) is 55.5. The first-order valence-corrected chi connectivity index (χ1v) is 58.2. The summed E-state index contributed by atoms with van der Waals surface area (Å²) in [6.07, 6.45) is -3.77. The van der Waals surface area contributed by atoms with Crippen molar-refractivity contribution in [1.29, 1.82) is 0 Å². The molecule has 34 heteroatoms. The summed E-state index contributed by atoms with van der Waals surface area (Å²) < 4.78 is 142. The van der Waals surface area contributed by atoms with Gasteiger partial charge in [0.2, 0.25) is 6.29 Å². The Morgan fingerprint density at radius 2 is 0.662 bits per heavy atom. The molecule has 9 aromatic carbocycles. The number of imide groups is 1. The highest BCUT2D eigenvalue weighted by atomic mass is 28.3. The smallest absolute Gasteiger partial charge is 0.417 e. The second-order valence-corrected chi connectivity index (χ2v) is 51.1. The molecule has 3 fully saturated rings. The number of benzene rings is 9. The van der Waals surface area contributed by atoms with E-state index in [-0.39, 0.29) is 40.9 Å². The molecule has 4 N–H and O–H groups in total. The lowest BCUT2D eigenvalue weighted by Crippen LogP contribution is -2.67. The van der Waals surface area contributed by atoms with Gasteiger partial charge in [-0.2, -0.15) is 39.5 Å². The van der Waals surface area contributed by atoms with Gasteiger partial charge in [-0.05, 0) is 249 Å². The van der Waals surface area contributed by atoms with Crippen LogP contribution in [0.15, 0.2) is 170 Å². The zero-order valence-electron chi connectivity index (χ0n) is 84.1. The van der Waals surface area contributed by atoms with Crippen molar-refractivity contribution >= 4 is 137 Å². The van der Waals surface area contributed by atoms with Crippen LogP contribution in [0, 0.1) is 0 Å². The molecule has 9 aliphatic rings. The summed E-state index contributed by atoms with van der Waals surface area (Å²) in [5.74, 6) is -8.59. The van der Waals surface area contributed by atoms with E-state index in [2.05, 4.69) is 195 Å². The Kier molecular flexibility index (Phi) is 31.6. The molecular formula is C111H127F9N8O14Si3. The van der Waals surface area contributed by atoms with Gasteiger partial charge in [0.1, 0.15) is 24.2 Å². The van der Waals surface area contributed by atoms with E-state index in [1.165, 1.54) is 48.8 Å². The third-order valence-electron chi connectivity index (χ3n) is 31.3. The summed E-state index contributed by atoms with van der Waals surface area (Å²) in [4.78, 5) is 115. The summed E-state index contributed by atoms with van der Waals surface area (Å²) in [6.45, 7) is 36.0. The molecule has 22 nitrogen and oxygen atoms in total. The van der Waals surface area contributed by atoms with Gasteiger partial charge >= 0.3 is 48.4 Å². The maximum absolute atomic E-state index is 14.8. The molecule has 9 aromatic rings. The minimum absolute atomic E-state index is 0.159. The van der Waals surface area contributed by atoms with Crippen molar-refractivity contribution < 1.29 is 107 Å². The number of amides is 3. The average Bonchev–Trinajstić information content (AvgIpc) is 1.57. The van der Waals surface area contributed by atoms with E-state index in [0.29, 0.717) is 18.2 Å². The third-order valence-corrected chi connectivity index (χ3v) is 47.2. The van der Waals surface area contributed by atoms with Crippen molar-refractivity contribution in [3.8, 4) is 0 Å². The van der Waals surface area contributed by atoms with Crippen LogP contribution >= 0.6 is 0 Å². The molecule has 145 heavy (non-hydrogen) atoms. The number of carboxylic acids is 2. The molecule has 9 aliphatic heterocycles. The predicted octanol–water partition coefficient (Wildman–Crippen LogP) is 18.9. The molecule has 3 saturated heterocycles. The van der Waals surface area contributed by atoms with Crippen molar-refractivity contribution in [3.05, 3.63) is 259 Å². The van der Waals surface area contributed by atoms with Crippen molar-refractivity contribution in [1.82, 2.24) is 10.2 Å². The number of aliphatic hydroxyl groups excluding tert-OH is 1. The Morgan fingerprint density at radius 1 is 0.366 bits per heavy atom. The minimum atomic E-state index is -4.98. The quantitative estimate of drug-likeness (QED) is 0.0129. The number of hydrogen-bond acceptors (Lipinski definition) is 18. The standard InChI is InChI=1S/C41H45F3N4O5Si.C35H39F3N2O4Si.C25H38N2Si.C10H5F3O5/c1-5-46(6-2)26-12-14-30-34(22-26)54(20-10-9-11-21-54)35-23-27(47(7-3)8-4)13-15-31(35)40(30)32-24-28(33(41(42,43)44)25-29(32)39(52)53-40)38(51)45-18-19-48-36(49)16-17-37(48)50;1-5-39(6-2)22-12-14-26-30(18-22)45(16-10-9-11-17-45)31-19-23(40(7-3)8-4)13-15-27(31)34(26)28-20-24(32(41)42)29(35(36,37)38)21-25(28)33(43)44-34;1-5-26(6-2)22-14-12-16-24(20-22)28(18-10-9-11-19-28)25-17-13-15-23(21-25)27(7-3)8-4;11-10(12,13)6-2-4-3(1-5(6)7(14)15)8(16)18-9(4)17/h12-17,22-25H,5-11,18-21H2,1-4H3,(H,45,51);12-15,18-21H,5-11,16-17H2,1-4H3,(H,41,42);12-17,20-21H,5-11,18-19H2,1-4H3;1-2,8,16H,(H,14,15). The molecular weight excluding hydrogens is 1920 g/mol. The Hall–Kier alpha value is -12.5. The number of aromatic carboxylic acids is 2. The number of anilines is 6. The maximum Gasteiger partial charge on any atom is 0.417 e. The highest BCUT2D eigenvalue weighted by Gasteiger charge is 2.62. The molecule has 4 spiro atoms. The monoisotopic (exact) mass is 2050 g/mol. The second-order valence-electron chi connectivity index (χ2n) is 38.3. The van der Waals surface area contributed by atoms with Crippen LogP contribution in [-0.4, -0.2) is 184 Å². The summed E-state index contributed by atoms with van der Waals surface area (Å²) >= 11 is 0. The topological polar surface area (TPSA) is 260 Å². The second kappa shape index (κ2) is 42.9. The number of aliphatic hydroxyl groups is 1. The first-order valence-electron chi connectivity index (χ1n) is 50.9. The van der Waals surface area contributed by atoms with Crippen molar-refractivity contribution in [2.24, 2.45) is 0 Å². The third kappa shape index (κ3) is 19.5. The number of nitrogens with zero attached hydrogens (tertiary/aromatic N) is 7. The van der Waals surface area contributed by atoms with Crippen LogP contribution in [0.2, 0.25) is 36.3 Å². The fourth-order valence-corrected chi connectivity index (χ4v) is 40.6. The van der Waals surface area contributed by atoms with E-state index in [1.54, 1.807) is 10.4 Å². The molecule has 0 aromatic heterocycles. The molecule has 0 bridgehead atoms. The molecule has 18 rings (SSSR count). The first kappa shape index (κ1) is 107. The summed E-state index contributed by atoms with van der Waals surface area (Å²) in [5.41, 5.74) is -0.798. The van der Waals surface area contributed by atoms with Crippen molar-refractivity contribution in [2.45, 2.75) is 213 Å². The number of cyclic esters (lactones) is 1. The molecule has 0 aliphatic carbocycles.